The van der Waals surface area contributed by atoms with E-state index in [0.29, 0.717) is 6.04 Å². The van der Waals surface area contributed by atoms with Crippen molar-refractivity contribution in [2.75, 3.05) is 0 Å². The fourth-order valence-corrected chi connectivity index (χ4v) is 3.41. The van der Waals surface area contributed by atoms with Crippen LogP contribution in [0.25, 0.3) is 0 Å². The van der Waals surface area contributed by atoms with E-state index in [1.807, 2.05) is 0 Å². The minimum absolute atomic E-state index is 0.319. The summed E-state index contributed by atoms with van der Waals surface area (Å²) in [5.41, 5.74) is 4.00. The molecule has 0 aliphatic rings. The number of nitrogens with zero attached hydrogens (tertiary/aromatic N) is 1. The summed E-state index contributed by atoms with van der Waals surface area (Å²) >= 11 is 0. The van der Waals surface area contributed by atoms with Gasteiger partial charge in [-0.25, -0.2) is 0 Å². The maximum atomic E-state index is 3.77. The SMILES string of the molecule is CC(c1ccccc1[Si])N(Cc1ccccc1)Cc1ccccc1. The summed E-state index contributed by atoms with van der Waals surface area (Å²) in [6.45, 7) is 4.14. The van der Waals surface area contributed by atoms with Crippen LogP contribution in [0.1, 0.15) is 29.7 Å². The molecule has 1 atom stereocenters. The quantitative estimate of drug-likeness (QED) is 0.612. The van der Waals surface area contributed by atoms with Crippen molar-refractivity contribution in [1.29, 1.82) is 0 Å². The Balaban J connectivity index is 1.87. The molecule has 1 unspecified atom stereocenters. The third-order valence-electron chi connectivity index (χ3n) is 4.42. The molecule has 3 radical (unpaired) electrons. The molecule has 24 heavy (non-hydrogen) atoms. The Morgan fingerprint density at radius 3 is 1.67 bits per heavy atom. The Labute approximate surface area is 148 Å². The topological polar surface area (TPSA) is 3.24 Å². The molecule has 0 amide bonds. The van der Waals surface area contributed by atoms with Crippen LogP contribution in [0.5, 0.6) is 0 Å². The summed E-state index contributed by atoms with van der Waals surface area (Å²) in [4.78, 5) is 2.52. The van der Waals surface area contributed by atoms with E-state index in [4.69, 9.17) is 0 Å². The zero-order valence-electron chi connectivity index (χ0n) is 14.0. The average molecular weight is 329 g/mol. The Hall–Kier alpha value is -2.16. The molecular weight excluding hydrogens is 306 g/mol. The molecule has 0 fully saturated rings. The van der Waals surface area contributed by atoms with Crippen molar-refractivity contribution in [3.63, 3.8) is 0 Å². The van der Waals surface area contributed by atoms with Gasteiger partial charge in [-0.3, -0.25) is 4.90 Å². The number of rotatable bonds is 6. The predicted octanol–water partition coefficient (Wildman–Crippen LogP) is 4.24. The van der Waals surface area contributed by atoms with Gasteiger partial charge >= 0.3 is 0 Å². The molecule has 3 aromatic carbocycles. The first kappa shape index (κ1) is 16.7. The Morgan fingerprint density at radius 1 is 0.708 bits per heavy atom. The molecule has 3 aromatic rings. The second-order valence-corrected chi connectivity index (χ2v) is 6.68. The average Bonchev–Trinajstić information content (AvgIpc) is 2.63. The Kier molecular flexibility index (Phi) is 5.62. The normalized spacial score (nSPS) is 12.3. The summed E-state index contributed by atoms with van der Waals surface area (Å²) in [5, 5.41) is 1.16. The minimum Gasteiger partial charge on any atom is -0.288 e. The van der Waals surface area contributed by atoms with Gasteiger partial charge in [0.1, 0.15) is 0 Å². The van der Waals surface area contributed by atoms with Crippen molar-refractivity contribution < 1.29 is 0 Å². The van der Waals surface area contributed by atoms with Crippen LogP contribution in [0.15, 0.2) is 84.9 Å². The van der Waals surface area contributed by atoms with Crippen molar-refractivity contribution in [2.45, 2.75) is 26.1 Å². The number of benzene rings is 3. The third kappa shape index (κ3) is 4.22. The fourth-order valence-electron chi connectivity index (χ4n) is 3.02. The molecule has 119 valence electrons. The van der Waals surface area contributed by atoms with Gasteiger partial charge in [0.2, 0.25) is 0 Å². The largest absolute Gasteiger partial charge is 0.288 e. The van der Waals surface area contributed by atoms with Gasteiger partial charge in [-0.2, -0.15) is 0 Å². The summed E-state index contributed by atoms with van der Waals surface area (Å²) in [7, 11) is 3.77. The maximum Gasteiger partial charge on any atom is 0.0716 e. The number of hydrogen-bond acceptors (Lipinski definition) is 1. The predicted molar refractivity (Wildman–Crippen MR) is 102 cm³/mol. The second kappa shape index (κ2) is 8.09. The van der Waals surface area contributed by atoms with Crippen molar-refractivity contribution >= 4 is 15.4 Å². The highest BCUT2D eigenvalue weighted by Crippen LogP contribution is 2.23. The lowest BCUT2D eigenvalue weighted by molar-refractivity contribution is 0.193. The highest BCUT2D eigenvalue weighted by molar-refractivity contribution is 6.33. The van der Waals surface area contributed by atoms with Gasteiger partial charge in [0.15, 0.2) is 0 Å². The van der Waals surface area contributed by atoms with E-state index in [1.54, 1.807) is 0 Å². The lowest BCUT2D eigenvalue weighted by atomic mass is 10.0. The summed E-state index contributed by atoms with van der Waals surface area (Å²) in [5.74, 6) is 0. The van der Waals surface area contributed by atoms with Crippen LogP contribution in [0.2, 0.25) is 0 Å². The molecule has 0 aromatic heterocycles. The zero-order chi connectivity index (χ0) is 16.8. The highest BCUT2D eigenvalue weighted by Gasteiger charge is 2.18. The van der Waals surface area contributed by atoms with Crippen LogP contribution < -0.4 is 5.19 Å². The van der Waals surface area contributed by atoms with E-state index in [9.17, 15) is 0 Å². The van der Waals surface area contributed by atoms with Crippen molar-refractivity contribution in [1.82, 2.24) is 4.90 Å². The first-order chi connectivity index (χ1) is 11.7. The van der Waals surface area contributed by atoms with Crippen molar-refractivity contribution in [2.24, 2.45) is 0 Å². The van der Waals surface area contributed by atoms with Crippen LogP contribution in [0.3, 0.4) is 0 Å². The molecule has 0 aliphatic heterocycles. The van der Waals surface area contributed by atoms with Gasteiger partial charge in [0.25, 0.3) is 0 Å². The zero-order valence-corrected chi connectivity index (χ0v) is 15.0. The fraction of sp³-hybridized carbons (Fsp3) is 0.182. The molecule has 0 bridgehead atoms. The Morgan fingerprint density at radius 2 is 1.17 bits per heavy atom. The summed E-state index contributed by atoms with van der Waals surface area (Å²) < 4.78 is 0. The van der Waals surface area contributed by atoms with Gasteiger partial charge in [-0.15, -0.1) is 0 Å². The van der Waals surface area contributed by atoms with E-state index in [-0.39, 0.29) is 0 Å². The highest BCUT2D eigenvalue weighted by atomic mass is 28.1. The van der Waals surface area contributed by atoms with Crippen LogP contribution in [-0.4, -0.2) is 15.1 Å². The van der Waals surface area contributed by atoms with Crippen molar-refractivity contribution in [3.8, 4) is 0 Å². The first-order valence-corrected chi connectivity index (χ1v) is 8.86. The monoisotopic (exact) mass is 328 g/mol. The molecular formula is C22H22NSi. The van der Waals surface area contributed by atoms with Crippen molar-refractivity contribution in [3.05, 3.63) is 102 Å². The van der Waals surface area contributed by atoms with Gasteiger partial charge in [-0.1, -0.05) is 90.1 Å². The van der Waals surface area contributed by atoms with E-state index in [0.717, 1.165) is 18.3 Å². The molecule has 0 saturated heterocycles. The number of hydrogen-bond donors (Lipinski definition) is 0. The van der Waals surface area contributed by atoms with Gasteiger partial charge in [0, 0.05) is 19.1 Å². The summed E-state index contributed by atoms with van der Waals surface area (Å²) in [6.07, 6.45) is 0. The molecule has 2 heteroatoms. The minimum atomic E-state index is 0.319. The molecule has 3 rings (SSSR count). The molecule has 0 N–H and O–H groups in total. The maximum absolute atomic E-state index is 3.77. The first-order valence-electron chi connectivity index (χ1n) is 8.36. The van der Waals surface area contributed by atoms with Crippen LogP contribution in [0.4, 0.5) is 0 Å². The Bertz CT molecular complexity index is 714. The molecule has 0 aliphatic carbocycles. The third-order valence-corrected chi connectivity index (χ3v) is 4.87. The van der Waals surface area contributed by atoms with E-state index in [2.05, 4.69) is 107 Å². The lowest BCUT2D eigenvalue weighted by Crippen LogP contribution is -2.29. The standard InChI is InChI=1S/C22H22NSi/c1-18(21-14-8-9-15-22(21)24)23(16-19-10-4-2-5-11-19)17-20-12-6-3-7-13-20/h2-15,18H,16-17H2,1H3. The molecule has 0 heterocycles. The van der Waals surface area contributed by atoms with E-state index in [1.165, 1.54) is 16.7 Å². The van der Waals surface area contributed by atoms with Gasteiger partial charge < -0.3 is 0 Å². The second-order valence-electron chi connectivity index (χ2n) is 6.14. The smallest absolute Gasteiger partial charge is 0.0716 e. The summed E-state index contributed by atoms with van der Waals surface area (Å²) in [6, 6.07) is 30.2. The van der Waals surface area contributed by atoms with Crippen LogP contribution in [0, 0.1) is 0 Å². The van der Waals surface area contributed by atoms with Gasteiger partial charge in [0.05, 0.1) is 10.2 Å². The molecule has 1 nitrogen and oxygen atoms in total. The van der Waals surface area contributed by atoms with Crippen LogP contribution >= 0.6 is 0 Å². The van der Waals surface area contributed by atoms with E-state index < -0.39 is 0 Å². The lowest BCUT2D eigenvalue weighted by Gasteiger charge is -2.30. The van der Waals surface area contributed by atoms with E-state index >= 15 is 0 Å². The molecule has 0 spiro atoms. The van der Waals surface area contributed by atoms with Crippen LogP contribution in [-0.2, 0) is 13.1 Å². The van der Waals surface area contributed by atoms with Gasteiger partial charge in [-0.05, 0) is 23.6 Å². The molecule has 0 saturated carbocycles.